The SMILES string of the molecule is CNC(CSc1cc(C)cc(C)n1)c1cc(C)cc(C)c1. The van der Waals surface area contributed by atoms with Crippen molar-refractivity contribution in [3.63, 3.8) is 0 Å². The Morgan fingerprint density at radius 3 is 2.14 bits per heavy atom. The summed E-state index contributed by atoms with van der Waals surface area (Å²) in [6, 6.07) is 11.4. The molecule has 21 heavy (non-hydrogen) atoms. The van der Waals surface area contributed by atoms with Gasteiger partial charge in [0.05, 0.1) is 5.03 Å². The van der Waals surface area contributed by atoms with Gasteiger partial charge in [-0.05, 0) is 58.0 Å². The highest BCUT2D eigenvalue weighted by Gasteiger charge is 2.11. The molecule has 0 fully saturated rings. The van der Waals surface area contributed by atoms with Crippen molar-refractivity contribution < 1.29 is 0 Å². The van der Waals surface area contributed by atoms with E-state index in [-0.39, 0.29) is 0 Å². The van der Waals surface area contributed by atoms with Crippen LogP contribution < -0.4 is 5.32 Å². The molecular weight excluding hydrogens is 276 g/mol. The van der Waals surface area contributed by atoms with Gasteiger partial charge in [-0.3, -0.25) is 0 Å². The molecule has 1 N–H and O–H groups in total. The second kappa shape index (κ2) is 7.10. The molecule has 0 amide bonds. The van der Waals surface area contributed by atoms with Crippen LogP contribution in [0.4, 0.5) is 0 Å². The van der Waals surface area contributed by atoms with E-state index in [0.717, 1.165) is 16.5 Å². The fraction of sp³-hybridized carbons (Fsp3) is 0.389. The van der Waals surface area contributed by atoms with Crippen molar-refractivity contribution in [1.82, 2.24) is 10.3 Å². The smallest absolute Gasteiger partial charge is 0.0966 e. The molecule has 1 unspecified atom stereocenters. The molecule has 0 radical (unpaired) electrons. The Morgan fingerprint density at radius 1 is 0.952 bits per heavy atom. The first-order chi connectivity index (χ1) is 9.97. The lowest BCUT2D eigenvalue weighted by Gasteiger charge is -2.17. The summed E-state index contributed by atoms with van der Waals surface area (Å²) in [7, 11) is 2.03. The second-order valence-electron chi connectivity index (χ2n) is 5.70. The third kappa shape index (κ3) is 4.58. The van der Waals surface area contributed by atoms with E-state index in [1.807, 2.05) is 18.8 Å². The second-order valence-corrected chi connectivity index (χ2v) is 6.74. The summed E-state index contributed by atoms with van der Waals surface area (Å²) in [4.78, 5) is 4.60. The van der Waals surface area contributed by atoms with Gasteiger partial charge in [0.2, 0.25) is 0 Å². The third-order valence-corrected chi connectivity index (χ3v) is 4.47. The van der Waals surface area contributed by atoms with Gasteiger partial charge in [-0.1, -0.05) is 29.3 Å². The molecule has 0 saturated carbocycles. The molecule has 1 heterocycles. The standard InChI is InChI=1S/C18H24N2S/c1-12-6-13(2)9-16(8-12)17(19-5)11-21-18-10-14(3)7-15(4)20-18/h6-10,17,19H,11H2,1-5H3. The Kier molecular flexibility index (Phi) is 5.43. The first-order valence-electron chi connectivity index (χ1n) is 7.31. The monoisotopic (exact) mass is 300 g/mol. The van der Waals surface area contributed by atoms with Crippen molar-refractivity contribution in [2.24, 2.45) is 0 Å². The Morgan fingerprint density at radius 2 is 1.57 bits per heavy atom. The highest BCUT2D eigenvalue weighted by molar-refractivity contribution is 7.99. The van der Waals surface area contributed by atoms with Crippen LogP contribution in [0.1, 0.15) is 34.0 Å². The third-order valence-electron chi connectivity index (χ3n) is 3.47. The predicted octanol–water partition coefficient (Wildman–Crippen LogP) is 4.37. The van der Waals surface area contributed by atoms with Crippen LogP contribution in [-0.4, -0.2) is 17.8 Å². The zero-order valence-electron chi connectivity index (χ0n) is 13.5. The summed E-state index contributed by atoms with van der Waals surface area (Å²) in [6.45, 7) is 8.48. The van der Waals surface area contributed by atoms with E-state index >= 15 is 0 Å². The molecule has 0 aliphatic carbocycles. The van der Waals surface area contributed by atoms with Crippen molar-refractivity contribution in [1.29, 1.82) is 0 Å². The van der Waals surface area contributed by atoms with Gasteiger partial charge in [0.1, 0.15) is 0 Å². The van der Waals surface area contributed by atoms with E-state index in [9.17, 15) is 0 Å². The molecule has 2 rings (SSSR count). The molecule has 2 aromatic rings. The number of nitrogens with one attached hydrogen (secondary N) is 1. The molecule has 2 nitrogen and oxygen atoms in total. The average Bonchev–Trinajstić information content (AvgIpc) is 2.37. The zero-order chi connectivity index (χ0) is 15.4. The maximum Gasteiger partial charge on any atom is 0.0966 e. The van der Waals surface area contributed by atoms with Crippen LogP contribution in [0.3, 0.4) is 0 Å². The molecule has 0 saturated heterocycles. The van der Waals surface area contributed by atoms with E-state index in [0.29, 0.717) is 6.04 Å². The van der Waals surface area contributed by atoms with Gasteiger partial charge < -0.3 is 5.32 Å². The van der Waals surface area contributed by atoms with E-state index in [1.54, 1.807) is 0 Å². The van der Waals surface area contributed by atoms with Crippen LogP contribution >= 0.6 is 11.8 Å². The van der Waals surface area contributed by atoms with Crippen LogP contribution in [0.2, 0.25) is 0 Å². The summed E-state index contributed by atoms with van der Waals surface area (Å²) in [5.41, 5.74) is 6.36. The van der Waals surface area contributed by atoms with Gasteiger partial charge in [0, 0.05) is 17.5 Å². The van der Waals surface area contributed by atoms with Crippen molar-refractivity contribution in [3.05, 3.63) is 58.3 Å². The van der Waals surface area contributed by atoms with Gasteiger partial charge >= 0.3 is 0 Å². The quantitative estimate of drug-likeness (QED) is 0.830. The number of pyridine rings is 1. The number of thioether (sulfide) groups is 1. The number of aryl methyl sites for hydroxylation is 4. The van der Waals surface area contributed by atoms with Gasteiger partial charge in [0.15, 0.2) is 0 Å². The normalized spacial score (nSPS) is 12.4. The first kappa shape index (κ1) is 16.1. The number of nitrogens with zero attached hydrogens (tertiary/aromatic N) is 1. The highest BCUT2D eigenvalue weighted by Crippen LogP contribution is 2.25. The van der Waals surface area contributed by atoms with E-state index < -0.39 is 0 Å². The molecule has 1 aromatic heterocycles. The number of aromatic nitrogens is 1. The Bertz CT molecular complexity index is 582. The molecule has 1 atom stereocenters. The van der Waals surface area contributed by atoms with Gasteiger partial charge in [-0.15, -0.1) is 11.8 Å². The van der Waals surface area contributed by atoms with Crippen molar-refractivity contribution in [2.45, 2.75) is 38.8 Å². The number of rotatable bonds is 5. The minimum absolute atomic E-state index is 0.344. The lowest BCUT2D eigenvalue weighted by atomic mass is 10.0. The highest BCUT2D eigenvalue weighted by atomic mass is 32.2. The van der Waals surface area contributed by atoms with Gasteiger partial charge in [-0.25, -0.2) is 4.98 Å². The molecule has 1 aromatic carbocycles. The Balaban J connectivity index is 2.12. The van der Waals surface area contributed by atoms with E-state index in [1.165, 1.54) is 22.3 Å². The molecular formula is C18H24N2S. The lowest BCUT2D eigenvalue weighted by molar-refractivity contribution is 0.660. The Hall–Kier alpha value is -1.32. The summed E-state index contributed by atoms with van der Waals surface area (Å²) in [6.07, 6.45) is 0. The van der Waals surface area contributed by atoms with Crippen molar-refractivity contribution in [2.75, 3.05) is 12.8 Å². The molecule has 112 valence electrons. The molecule has 0 aliphatic rings. The number of benzene rings is 1. The summed E-state index contributed by atoms with van der Waals surface area (Å²) >= 11 is 1.81. The maximum atomic E-state index is 4.60. The molecule has 0 bridgehead atoms. The first-order valence-corrected chi connectivity index (χ1v) is 8.30. The van der Waals surface area contributed by atoms with Crippen LogP contribution in [0, 0.1) is 27.7 Å². The van der Waals surface area contributed by atoms with E-state index in [2.05, 4.69) is 68.3 Å². The molecule has 0 spiro atoms. The largest absolute Gasteiger partial charge is 0.312 e. The average molecular weight is 300 g/mol. The summed E-state index contributed by atoms with van der Waals surface area (Å²) < 4.78 is 0. The van der Waals surface area contributed by atoms with E-state index in [4.69, 9.17) is 0 Å². The fourth-order valence-electron chi connectivity index (χ4n) is 2.60. The minimum atomic E-state index is 0.344. The van der Waals surface area contributed by atoms with Crippen LogP contribution in [-0.2, 0) is 0 Å². The van der Waals surface area contributed by atoms with Crippen molar-refractivity contribution in [3.8, 4) is 0 Å². The molecule has 3 heteroatoms. The van der Waals surface area contributed by atoms with Gasteiger partial charge in [-0.2, -0.15) is 0 Å². The van der Waals surface area contributed by atoms with Crippen LogP contribution in [0.25, 0.3) is 0 Å². The minimum Gasteiger partial charge on any atom is -0.312 e. The number of hydrogen-bond acceptors (Lipinski definition) is 3. The summed E-state index contributed by atoms with van der Waals surface area (Å²) in [5.74, 6) is 0.981. The van der Waals surface area contributed by atoms with Gasteiger partial charge in [0.25, 0.3) is 0 Å². The van der Waals surface area contributed by atoms with Crippen LogP contribution in [0.15, 0.2) is 35.4 Å². The molecule has 0 aliphatic heterocycles. The lowest BCUT2D eigenvalue weighted by Crippen LogP contribution is -2.19. The Labute approximate surface area is 132 Å². The number of hydrogen-bond donors (Lipinski definition) is 1. The zero-order valence-corrected chi connectivity index (χ0v) is 14.3. The fourth-order valence-corrected chi connectivity index (χ4v) is 3.78. The summed E-state index contributed by atoms with van der Waals surface area (Å²) in [5, 5.41) is 4.53. The van der Waals surface area contributed by atoms with Crippen molar-refractivity contribution >= 4 is 11.8 Å². The predicted molar refractivity (Wildman–Crippen MR) is 92.2 cm³/mol. The topological polar surface area (TPSA) is 24.9 Å². The van der Waals surface area contributed by atoms with Crippen LogP contribution in [0.5, 0.6) is 0 Å². The maximum absolute atomic E-state index is 4.60.